The number of rotatable bonds is 10. The minimum Gasteiger partial charge on any atom is -0.356 e. The lowest BCUT2D eigenvalue weighted by molar-refractivity contribution is 0.0856. The van der Waals surface area contributed by atoms with Gasteiger partial charge in [0.25, 0.3) is 11.8 Å². The summed E-state index contributed by atoms with van der Waals surface area (Å²) < 4.78 is 39.3. The van der Waals surface area contributed by atoms with Crippen molar-refractivity contribution in [3.8, 4) is 22.3 Å². The predicted molar refractivity (Wildman–Crippen MR) is 257 cm³/mol. The van der Waals surface area contributed by atoms with Crippen LogP contribution < -0.4 is 22.1 Å². The Hall–Kier alpha value is -7.60. The fourth-order valence-electron chi connectivity index (χ4n) is 9.77. The fourth-order valence-corrected chi connectivity index (χ4v) is 9.77. The zero-order chi connectivity index (χ0) is 46.5. The second-order valence-corrected chi connectivity index (χ2v) is 17.6. The van der Waals surface area contributed by atoms with E-state index in [1.165, 1.54) is 24.3 Å². The van der Waals surface area contributed by atoms with Crippen LogP contribution >= 0.6 is 0 Å². The Labute approximate surface area is 392 Å². The topological polar surface area (TPSA) is 129 Å². The molecular formula is C58H46F2N4O4. The van der Waals surface area contributed by atoms with Gasteiger partial charge in [0.1, 0.15) is 36.1 Å². The molecule has 0 radical (unpaired) electrons. The molecule has 8 nitrogen and oxygen atoms in total. The lowest BCUT2D eigenvalue weighted by Crippen LogP contribution is -2.23. The van der Waals surface area contributed by atoms with Gasteiger partial charge in [-0.3, -0.25) is 9.59 Å². The van der Waals surface area contributed by atoms with Gasteiger partial charge in [0.05, 0.1) is 0 Å². The zero-order valence-corrected chi connectivity index (χ0v) is 36.8. The summed E-state index contributed by atoms with van der Waals surface area (Å²) in [6, 6.07) is 53.0. The molecule has 0 fully saturated rings. The molecule has 4 aliphatic heterocycles. The third kappa shape index (κ3) is 8.07. The number of carbonyl (C=O) groups is 2. The average molecular weight is 901 g/mol. The van der Waals surface area contributed by atoms with Crippen LogP contribution in [0.15, 0.2) is 170 Å². The van der Waals surface area contributed by atoms with Crippen molar-refractivity contribution in [2.75, 3.05) is 0 Å². The Kier molecular flexibility index (Phi) is 11.3. The number of benzene rings is 8. The monoisotopic (exact) mass is 900 g/mol. The molecule has 6 N–H and O–H groups in total. The molecule has 0 aliphatic carbocycles. The first-order valence-electron chi connectivity index (χ1n) is 22.7. The van der Waals surface area contributed by atoms with Crippen molar-refractivity contribution in [1.29, 1.82) is 0 Å². The Bertz CT molecular complexity index is 3230. The fraction of sp³-hybridized carbons (Fsp3) is 0.138. The third-order valence-corrected chi connectivity index (χ3v) is 13.5. The number of ether oxygens (including phenoxy) is 2. The number of carbonyl (C=O) groups excluding carboxylic acids is 2. The highest BCUT2D eigenvalue weighted by molar-refractivity contribution is 5.95. The summed E-state index contributed by atoms with van der Waals surface area (Å²) in [5, 5.41) is 6.00. The molecular weight excluding hydrogens is 855 g/mol. The second kappa shape index (κ2) is 17.9. The van der Waals surface area contributed by atoms with Crippen LogP contribution in [0.25, 0.3) is 22.3 Å². The average Bonchev–Trinajstić information content (AvgIpc) is 4.17. The number of nitrogens with two attached hydrogens (primary N) is 2. The molecule has 2 amide bonds. The van der Waals surface area contributed by atoms with Crippen molar-refractivity contribution in [2.45, 2.75) is 50.6 Å². The predicted octanol–water partition coefficient (Wildman–Crippen LogP) is 10.8. The number of hydrogen-bond donors (Lipinski definition) is 4. The molecule has 0 aromatic heterocycles. The van der Waals surface area contributed by atoms with Crippen LogP contribution in [0.5, 0.6) is 0 Å². The number of halogens is 2. The summed E-state index contributed by atoms with van der Waals surface area (Å²) in [4.78, 5) is 25.7. The number of nitrogens with one attached hydrogen (secondary N) is 2. The van der Waals surface area contributed by atoms with Gasteiger partial charge < -0.3 is 31.6 Å². The highest BCUT2D eigenvalue weighted by Gasteiger charge is 2.44. The minimum absolute atomic E-state index is 0.111. The van der Waals surface area contributed by atoms with Crippen LogP contribution in [-0.4, -0.2) is 11.8 Å². The summed E-state index contributed by atoms with van der Waals surface area (Å²) in [5.41, 5.74) is 29.5. The van der Waals surface area contributed by atoms with E-state index in [2.05, 4.69) is 41.0 Å². The molecule has 8 aromatic carbocycles. The quantitative estimate of drug-likeness (QED) is 0.108. The van der Waals surface area contributed by atoms with Crippen LogP contribution in [0.4, 0.5) is 8.78 Å². The molecule has 0 saturated heterocycles. The van der Waals surface area contributed by atoms with Gasteiger partial charge in [-0.2, -0.15) is 0 Å². The smallest absolute Gasteiger partial charge is 0.251 e. The standard InChI is InChI=1S/2C29H23FN2O2/c30-22-9-5-19(6-10-22)20-7-11-23-25(13-20)27-24-12-8-21(14-26(24)28(23)34-27)29(33)32-16-18-3-1-17(15-31)2-4-18;30-22-9-5-19(6-10-22)20-7-11-23-25(13-20)28-26-14-21(8-12-24(26)27(23)34-28)29(33)32-16-18-3-1-17(15-31)2-4-18/h2*1-14,27-28H,15-16,31H2,(H,32,33). The van der Waals surface area contributed by atoms with E-state index >= 15 is 0 Å². The van der Waals surface area contributed by atoms with E-state index < -0.39 is 0 Å². The first-order chi connectivity index (χ1) is 33.2. The molecule has 4 unspecified atom stereocenters. The Morgan fingerprint density at radius 3 is 1.07 bits per heavy atom. The molecule has 4 atom stereocenters. The van der Waals surface area contributed by atoms with E-state index in [0.29, 0.717) is 37.3 Å². The molecule has 68 heavy (non-hydrogen) atoms. The van der Waals surface area contributed by atoms with E-state index in [0.717, 1.165) is 89.0 Å². The van der Waals surface area contributed by atoms with Gasteiger partial charge in [0.15, 0.2) is 0 Å². The first-order valence-corrected chi connectivity index (χ1v) is 22.7. The van der Waals surface area contributed by atoms with Gasteiger partial charge in [-0.1, -0.05) is 109 Å². The van der Waals surface area contributed by atoms with Crippen LogP contribution in [-0.2, 0) is 35.7 Å². The van der Waals surface area contributed by atoms with Gasteiger partial charge >= 0.3 is 0 Å². The molecule has 4 heterocycles. The van der Waals surface area contributed by atoms with Crippen molar-refractivity contribution in [3.05, 3.63) is 259 Å². The van der Waals surface area contributed by atoms with Gasteiger partial charge in [0.2, 0.25) is 0 Å². The minimum atomic E-state index is -0.250. The van der Waals surface area contributed by atoms with Gasteiger partial charge in [-0.05, 0) is 150 Å². The highest BCUT2D eigenvalue weighted by atomic mass is 19.1. The SMILES string of the molecule is NCc1ccc(CNC(=O)c2ccc3c(c2)C2OC3c3cc(-c4ccc(F)cc4)ccc32)cc1.NCc1ccc(CNC(=O)c2ccc3c(c2)C2OC3c3ccc(-c4ccc(F)cc4)cc32)cc1. The molecule has 0 saturated carbocycles. The summed E-state index contributed by atoms with van der Waals surface area (Å²) in [6.07, 6.45) is -0.634. The molecule has 4 bridgehead atoms. The van der Waals surface area contributed by atoms with E-state index in [1.54, 1.807) is 24.3 Å². The van der Waals surface area contributed by atoms with Crippen molar-refractivity contribution in [3.63, 3.8) is 0 Å². The number of fused-ring (bicyclic) bond motifs is 16. The van der Waals surface area contributed by atoms with Crippen molar-refractivity contribution >= 4 is 11.8 Å². The van der Waals surface area contributed by atoms with Gasteiger partial charge in [0, 0.05) is 37.3 Å². The molecule has 336 valence electrons. The molecule has 0 spiro atoms. The first kappa shape index (κ1) is 43.0. The highest BCUT2D eigenvalue weighted by Crippen LogP contribution is 2.56. The van der Waals surface area contributed by atoms with Crippen molar-refractivity contribution in [2.24, 2.45) is 11.5 Å². The zero-order valence-electron chi connectivity index (χ0n) is 36.8. The Morgan fingerprint density at radius 2 is 0.691 bits per heavy atom. The maximum Gasteiger partial charge on any atom is 0.251 e. The molecule has 12 rings (SSSR count). The van der Waals surface area contributed by atoms with Gasteiger partial charge in [-0.15, -0.1) is 0 Å². The molecule has 4 aliphatic rings. The van der Waals surface area contributed by atoms with Crippen molar-refractivity contribution in [1.82, 2.24) is 10.6 Å². The normalized spacial score (nSPS) is 17.4. The molecule has 10 heteroatoms. The Morgan fingerprint density at radius 1 is 0.382 bits per heavy atom. The van der Waals surface area contributed by atoms with Crippen LogP contribution in [0, 0.1) is 11.6 Å². The lowest BCUT2D eigenvalue weighted by Gasteiger charge is -2.18. The summed E-state index contributed by atoms with van der Waals surface area (Å²) in [6.45, 7) is 1.91. The maximum absolute atomic E-state index is 13.3. The molecule has 8 aromatic rings. The van der Waals surface area contributed by atoms with E-state index in [4.69, 9.17) is 20.9 Å². The van der Waals surface area contributed by atoms with E-state index in [1.807, 2.05) is 91.0 Å². The van der Waals surface area contributed by atoms with E-state index in [-0.39, 0.29) is 47.9 Å². The summed E-state index contributed by atoms with van der Waals surface area (Å²) in [5.74, 6) is -0.723. The lowest BCUT2D eigenvalue weighted by atomic mass is 9.84. The summed E-state index contributed by atoms with van der Waals surface area (Å²) in [7, 11) is 0. The van der Waals surface area contributed by atoms with Crippen LogP contribution in [0.1, 0.15) is 112 Å². The van der Waals surface area contributed by atoms with Crippen LogP contribution in [0.2, 0.25) is 0 Å². The third-order valence-electron chi connectivity index (χ3n) is 13.5. The number of hydrogen-bond acceptors (Lipinski definition) is 6. The summed E-state index contributed by atoms with van der Waals surface area (Å²) >= 11 is 0. The van der Waals surface area contributed by atoms with Crippen LogP contribution in [0.3, 0.4) is 0 Å². The second-order valence-electron chi connectivity index (χ2n) is 17.6. The maximum atomic E-state index is 13.3. The van der Waals surface area contributed by atoms with Gasteiger partial charge in [-0.25, -0.2) is 8.78 Å². The largest absolute Gasteiger partial charge is 0.356 e. The van der Waals surface area contributed by atoms with E-state index in [9.17, 15) is 18.4 Å². The Balaban J connectivity index is 0.000000149. The van der Waals surface area contributed by atoms with Crippen molar-refractivity contribution < 1.29 is 27.8 Å². The number of amides is 2.